The first-order valence-electron chi connectivity index (χ1n) is 7.81. The van der Waals surface area contributed by atoms with Gasteiger partial charge in [0.15, 0.2) is 0 Å². The molecule has 0 fully saturated rings. The van der Waals surface area contributed by atoms with Gasteiger partial charge in [0.05, 0.1) is 6.61 Å². The highest BCUT2D eigenvalue weighted by molar-refractivity contribution is 6.66. The molecule has 0 unspecified atom stereocenters. The molecule has 0 aliphatic carbocycles. The molecule has 2 N–H and O–H groups in total. The van der Waals surface area contributed by atoms with Crippen LogP contribution < -0.4 is 10.8 Å². The summed E-state index contributed by atoms with van der Waals surface area (Å²) < 4.78 is 5.79. The Bertz CT molecular complexity index is 554. The summed E-state index contributed by atoms with van der Waals surface area (Å²) in [5.74, 6) is 0. The number of aliphatic hydroxyl groups excluding tert-OH is 1. The average Bonchev–Trinajstić information content (AvgIpc) is 2.55. The Kier molecular flexibility index (Phi) is 6.65. The summed E-state index contributed by atoms with van der Waals surface area (Å²) in [7, 11) is 0. The zero-order valence-electron chi connectivity index (χ0n) is 13.4. The van der Waals surface area contributed by atoms with Crippen molar-refractivity contribution < 1.29 is 9.76 Å². The molecule has 2 rings (SSSR count). The molecule has 22 heavy (non-hydrogen) atoms. The van der Waals surface area contributed by atoms with E-state index in [1.807, 2.05) is 0 Å². The maximum atomic E-state index is 8.68. The Morgan fingerprint density at radius 1 is 0.955 bits per heavy atom. The normalized spacial score (nSPS) is 10.7. The van der Waals surface area contributed by atoms with Gasteiger partial charge in [-0.2, -0.15) is 0 Å². The van der Waals surface area contributed by atoms with Crippen LogP contribution in [0.15, 0.2) is 48.5 Å². The third kappa shape index (κ3) is 4.99. The van der Waals surface area contributed by atoms with Crippen LogP contribution in [-0.4, -0.2) is 38.3 Å². The topological polar surface area (TPSA) is 41.5 Å². The van der Waals surface area contributed by atoms with Gasteiger partial charge in [-0.05, 0) is 23.5 Å². The largest absolute Gasteiger partial charge is 0.430 e. The number of rotatable bonds is 8. The summed E-state index contributed by atoms with van der Waals surface area (Å²) in [5, 5.41) is 11.8. The number of aryl methyl sites for hydroxylation is 1. The van der Waals surface area contributed by atoms with Crippen molar-refractivity contribution in [2.24, 2.45) is 0 Å². The van der Waals surface area contributed by atoms with Gasteiger partial charge in [0.1, 0.15) is 0 Å². The fraction of sp³-hybridized carbons (Fsp3) is 0.333. The Morgan fingerprint density at radius 3 is 2.14 bits per heavy atom. The quantitative estimate of drug-likeness (QED) is 0.579. The van der Waals surface area contributed by atoms with Crippen LogP contribution in [0.5, 0.6) is 0 Å². The van der Waals surface area contributed by atoms with E-state index in [2.05, 4.69) is 67.6 Å². The van der Waals surface area contributed by atoms with Crippen LogP contribution in [0, 0.1) is 6.92 Å². The van der Waals surface area contributed by atoms with Crippen molar-refractivity contribution >= 4 is 12.4 Å². The van der Waals surface area contributed by atoms with Crippen molar-refractivity contribution in [3.8, 4) is 11.1 Å². The van der Waals surface area contributed by atoms with E-state index in [0.29, 0.717) is 13.2 Å². The highest BCUT2D eigenvalue weighted by atomic mass is 16.4. The van der Waals surface area contributed by atoms with Gasteiger partial charge in [0.25, 0.3) is 0 Å². The van der Waals surface area contributed by atoms with Gasteiger partial charge >= 0.3 is 6.92 Å². The van der Waals surface area contributed by atoms with E-state index >= 15 is 0 Å². The summed E-state index contributed by atoms with van der Waals surface area (Å²) in [6.45, 7) is 6.41. The van der Waals surface area contributed by atoms with E-state index in [1.54, 1.807) is 0 Å². The molecule has 0 saturated heterocycles. The summed E-state index contributed by atoms with van der Waals surface area (Å²) >= 11 is 0. The molecule has 0 aliphatic rings. The van der Waals surface area contributed by atoms with Crippen molar-refractivity contribution in [2.75, 3.05) is 26.3 Å². The number of benzene rings is 2. The van der Waals surface area contributed by atoms with Crippen LogP contribution in [0.2, 0.25) is 6.82 Å². The average molecular weight is 297 g/mol. The molecule has 0 aliphatic heterocycles. The Morgan fingerprint density at radius 2 is 1.55 bits per heavy atom. The third-order valence-corrected chi connectivity index (χ3v) is 3.70. The first kappa shape index (κ1) is 16.8. The lowest BCUT2D eigenvalue weighted by atomic mass is 9.63. The van der Waals surface area contributed by atoms with Crippen LogP contribution in [0.4, 0.5) is 0 Å². The molecule has 0 saturated carbocycles. The summed E-state index contributed by atoms with van der Waals surface area (Å²) in [4.78, 5) is 0. The molecule has 0 bridgehead atoms. The van der Waals surface area contributed by atoms with Gasteiger partial charge in [0, 0.05) is 19.7 Å². The SMILES string of the molecule is CB(OCCNCCO)c1ccc(-c2ccc(C)cc2)cc1. The third-order valence-electron chi connectivity index (χ3n) is 3.70. The Labute approximate surface area is 133 Å². The molecule has 2 aromatic rings. The van der Waals surface area contributed by atoms with E-state index in [4.69, 9.17) is 9.76 Å². The van der Waals surface area contributed by atoms with Gasteiger partial charge in [-0.25, -0.2) is 0 Å². The second-order valence-corrected chi connectivity index (χ2v) is 5.47. The van der Waals surface area contributed by atoms with Crippen molar-refractivity contribution in [3.63, 3.8) is 0 Å². The van der Waals surface area contributed by atoms with E-state index in [0.717, 1.165) is 6.54 Å². The minimum Gasteiger partial charge on any atom is -0.430 e. The van der Waals surface area contributed by atoms with Gasteiger partial charge < -0.3 is 15.1 Å². The van der Waals surface area contributed by atoms with Crippen LogP contribution in [-0.2, 0) is 4.65 Å². The fourth-order valence-electron chi connectivity index (χ4n) is 2.30. The second-order valence-electron chi connectivity index (χ2n) is 5.47. The molecule has 0 aromatic heterocycles. The molecular formula is C18H24BNO2. The van der Waals surface area contributed by atoms with Crippen LogP contribution in [0.25, 0.3) is 11.1 Å². The maximum absolute atomic E-state index is 8.68. The zero-order chi connectivity index (χ0) is 15.8. The van der Waals surface area contributed by atoms with E-state index in [-0.39, 0.29) is 13.5 Å². The smallest absolute Gasteiger partial charge is 0.323 e. The van der Waals surface area contributed by atoms with Crippen molar-refractivity contribution in [3.05, 3.63) is 54.1 Å². The van der Waals surface area contributed by atoms with Crippen LogP contribution >= 0.6 is 0 Å². The summed E-state index contributed by atoms with van der Waals surface area (Å²) in [6.07, 6.45) is 0. The molecule has 2 aromatic carbocycles. The highest BCUT2D eigenvalue weighted by Gasteiger charge is 2.11. The van der Waals surface area contributed by atoms with Crippen LogP contribution in [0.3, 0.4) is 0 Å². The molecule has 0 radical (unpaired) electrons. The summed E-state index contributed by atoms with van der Waals surface area (Å²) in [6, 6.07) is 17.1. The van der Waals surface area contributed by atoms with E-state index in [9.17, 15) is 0 Å². The predicted octanol–water partition coefficient (Wildman–Crippen LogP) is 2.09. The molecule has 0 amide bonds. The lowest BCUT2D eigenvalue weighted by molar-refractivity contribution is 0.278. The molecule has 3 nitrogen and oxygen atoms in total. The van der Waals surface area contributed by atoms with Crippen molar-refractivity contribution in [2.45, 2.75) is 13.7 Å². The van der Waals surface area contributed by atoms with E-state index in [1.165, 1.54) is 22.2 Å². The minimum absolute atomic E-state index is 0.0722. The number of nitrogens with one attached hydrogen (secondary N) is 1. The van der Waals surface area contributed by atoms with E-state index < -0.39 is 0 Å². The van der Waals surface area contributed by atoms with Crippen LogP contribution in [0.1, 0.15) is 5.56 Å². The number of aliphatic hydroxyl groups is 1. The summed E-state index contributed by atoms with van der Waals surface area (Å²) in [5.41, 5.74) is 4.91. The van der Waals surface area contributed by atoms with Gasteiger partial charge in [-0.3, -0.25) is 0 Å². The predicted molar refractivity (Wildman–Crippen MR) is 93.8 cm³/mol. The highest BCUT2D eigenvalue weighted by Crippen LogP contribution is 2.18. The number of hydrogen-bond donors (Lipinski definition) is 2. The molecule has 116 valence electrons. The lowest BCUT2D eigenvalue weighted by Gasteiger charge is -2.11. The van der Waals surface area contributed by atoms with Crippen molar-refractivity contribution in [1.82, 2.24) is 5.32 Å². The molecular weight excluding hydrogens is 273 g/mol. The molecule has 0 atom stereocenters. The first-order valence-corrected chi connectivity index (χ1v) is 7.81. The maximum Gasteiger partial charge on any atom is 0.323 e. The van der Waals surface area contributed by atoms with Gasteiger partial charge in [0.2, 0.25) is 0 Å². The number of hydrogen-bond acceptors (Lipinski definition) is 3. The molecule has 0 spiro atoms. The minimum atomic E-state index is 0.0722. The van der Waals surface area contributed by atoms with Crippen molar-refractivity contribution in [1.29, 1.82) is 0 Å². The Hall–Kier alpha value is -1.62. The molecule has 4 heteroatoms. The molecule has 0 heterocycles. The first-order chi connectivity index (χ1) is 10.7. The lowest BCUT2D eigenvalue weighted by Crippen LogP contribution is -2.33. The fourth-order valence-corrected chi connectivity index (χ4v) is 2.30. The zero-order valence-corrected chi connectivity index (χ0v) is 13.4. The monoisotopic (exact) mass is 297 g/mol. The standard InChI is InChI=1S/C18H24BNO2/c1-15-3-5-16(6-4-15)17-7-9-18(10-8-17)19(2)22-14-12-20-11-13-21/h3-10,20-21H,11-14H2,1-2H3. The van der Waals surface area contributed by atoms with Gasteiger partial charge in [-0.15, -0.1) is 0 Å². The second kappa shape index (κ2) is 8.74. The van der Waals surface area contributed by atoms with Gasteiger partial charge in [-0.1, -0.05) is 60.9 Å². The Balaban J connectivity index is 1.89.